The largest absolute Gasteiger partial charge is 0.338 e. The number of nitrogens with zero attached hydrogens (tertiary/aromatic N) is 3. The molecule has 3 aromatic rings. The lowest BCUT2D eigenvalue weighted by Crippen LogP contribution is -2.15. The lowest BCUT2D eigenvalue weighted by molar-refractivity contribution is -0.384. The second-order valence-corrected chi connectivity index (χ2v) is 6.95. The van der Waals surface area contributed by atoms with Crippen LogP contribution in [0.4, 0.5) is 17.1 Å². The number of aryl methyl sites for hydroxylation is 1. The first-order valence-corrected chi connectivity index (χ1v) is 9.38. The lowest BCUT2D eigenvalue weighted by atomic mass is 10.1. The number of amidine groups is 2. The van der Waals surface area contributed by atoms with E-state index in [2.05, 4.69) is 24.4 Å². The van der Waals surface area contributed by atoms with Crippen molar-refractivity contribution in [1.82, 2.24) is 0 Å². The van der Waals surface area contributed by atoms with Gasteiger partial charge in [0.15, 0.2) is 5.84 Å². The van der Waals surface area contributed by atoms with Gasteiger partial charge in [0.05, 0.1) is 21.2 Å². The molecule has 2 aromatic carbocycles. The molecule has 0 aliphatic carbocycles. The normalized spacial score (nSPS) is 13.1. The highest BCUT2D eigenvalue weighted by molar-refractivity contribution is 7.12. The van der Waals surface area contributed by atoms with Crippen LogP contribution < -0.4 is 5.32 Å². The molecule has 27 heavy (non-hydrogen) atoms. The molecule has 1 N–H and O–H groups in total. The summed E-state index contributed by atoms with van der Waals surface area (Å²) in [6, 6.07) is 16.4. The third-order valence-corrected chi connectivity index (χ3v) is 5.13. The zero-order valence-corrected chi connectivity index (χ0v) is 15.4. The number of nitro benzene ring substituents is 1. The Morgan fingerprint density at radius 2 is 1.93 bits per heavy atom. The average Bonchev–Trinajstić information content (AvgIpc) is 3.15. The van der Waals surface area contributed by atoms with E-state index < -0.39 is 4.92 Å². The van der Waals surface area contributed by atoms with E-state index in [9.17, 15) is 10.1 Å². The van der Waals surface area contributed by atoms with Gasteiger partial charge >= 0.3 is 0 Å². The Balaban J connectivity index is 1.82. The Morgan fingerprint density at radius 3 is 2.59 bits per heavy atom. The quantitative estimate of drug-likeness (QED) is 0.504. The Bertz CT molecular complexity index is 1050. The number of rotatable bonds is 4. The fraction of sp³-hybridized carbons (Fsp3) is 0.100. The number of nitro groups is 1. The van der Waals surface area contributed by atoms with Gasteiger partial charge in [-0.3, -0.25) is 10.1 Å². The number of nitrogens with one attached hydrogen (secondary N) is 1. The van der Waals surface area contributed by atoms with E-state index in [0.29, 0.717) is 11.7 Å². The second-order valence-electron chi connectivity index (χ2n) is 6.01. The van der Waals surface area contributed by atoms with E-state index in [4.69, 9.17) is 9.98 Å². The van der Waals surface area contributed by atoms with E-state index in [1.165, 1.54) is 17.7 Å². The van der Waals surface area contributed by atoms with Gasteiger partial charge in [0, 0.05) is 17.7 Å². The summed E-state index contributed by atoms with van der Waals surface area (Å²) < 4.78 is 0. The van der Waals surface area contributed by atoms with Gasteiger partial charge in [0.2, 0.25) is 0 Å². The molecule has 4 rings (SSSR count). The predicted octanol–water partition coefficient (Wildman–Crippen LogP) is 5.17. The Hall–Kier alpha value is -3.32. The first-order chi connectivity index (χ1) is 13.1. The van der Waals surface area contributed by atoms with Crippen LogP contribution in [-0.2, 0) is 6.42 Å². The highest BCUT2D eigenvalue weighted by Gasteiger charge is 2.17. The van der Waals surface area contributed by atoms with Crippen molar-refractivity contribution >= 4 is 40.1 Å². The van der Waals surface area contributed by atoms with Crippen molar-refractivity contribution in [1.29, 1.82) is 0 Å². The van der Waals surface area contributed by atoms with Crippen LogP contribution in [0.2, 0.25) is 0 Å². The van der Waals surface area contributed by atoms with Crippen LogP contribution in [0.1, 0.15) is 22.9 Å². The molecule has 7 heteroatoms. The van der Waals surface area contributed by atoms with Crippen LogP contribution in [0.25, 0.3) is 0 Å². The van der Waals surface area contributed by atoms with E-state index >= 15 is 0 Å². The molecule has 1 aliphatic rings. The molecule has 1 aromatic heterocycles. The standard InChI is InChI=1S/C20H16N4O2S/c1-2-13-5-10-16-17(12-13)22-19(14-6-8-15(9-7-14)24(25)26)23-20(21-16)18-4-3-11-27-18/h3-12H,2H2,1H3,(H,21,22,23). The Kier molecular flexibility index (Phi) is 4.52. The molecular formula is C20H16N4O2S. The number of benzene rings is 2. The third kappa shape index (κ3) is 3.50. The second kappa shape index (κ2) is 7.13. The van der Waals surface area contributed by atoms with Gasteiger partial charge in [-0.2, -0.15) is 0 Å². The fourth-order valence-electron chi connectivity index (χ4n) is 2.79. The lowest BCUT2D eigenvalue weighted by Gasteiger charge is -2.11. The minimum absolute atomic E-state index is 0.0498. The maximum absolute atomic E-state index is 10.9. The SMILES string of the molecule is CCc1ccc2c(c1)NC(c1ccc([N+](=O)[O-])cc1)=NC(c1cccs1)=N2. The van der Waals surface area contributed by atoms with Crippen molar-refractivity contribution in [2.45, 2.75) is 13.3 Å². The number of anilines is 1. The predicted molar refractivity (Wildman–Crippen MR) is 110 cm³/mol. The van der Waals surface area contributed by atoms with Gasteiger partial charge in [0.1, 0.15) is 5.84 Å². The summed E-state index contributed by atoms with van der Waals surface area (Å²) in [7, 11) is 0. The highest BCUT2D eigenvalue weighted by atomic mass is 32.1. The van der Waals surface area contributed by atoms with E-state index in [0.717, 1.165) is 28.2 Å². The molecule has 0 spiro atoms. The summed E-state index contributed by atoms with van der Waals surface area (Å²) in [5.74, 6) is 1.23. The van der Waals surface area contributed by atoms with Gasteiger partial charge in [-0.1, -0.05) is 19.1 Å². The summed E-state index contributed by atoms with van der Waals surface area (Å²) in [6.45, 7) is 2.10. The minimum Gasteiger partial charge on any atom is -0.338 e. The molecule has 0 unspecified atom stereocenters. The molecule has 2 heterocycles. The van der Waals surface area contributed by atoms with Crippen molar-refractivity contribution in [3.05, 3.63) is 86.1 Å². The molecule has 0 bridgehead atoms. The number of non-ortho nitro benzene ring substituents is 1. The monoisotopic (exact) mass is 376 g/mol. The topological polar surface area (TPSA) is 79.9 Å². The number of fused-ring (bicyclic) bond motifs is 1. The molecule has 0 saturated heterocycles. The molecule has 1 aliphatic heterocycles. The molecule has 6 nitrogen and oxygen atoms in total. The van der Waals surface area contributed by atoms with Gasteiger partial charge in [-0.25, -0.2) is 9.98 Å². The Labute approximate surface area is 160 Å². The first-order valence-electron chi connectivity index (χ1n) is 8.50. The zero-order valence-electron chi connectivity index (χ0n) is 14.5. The van der Waals surface area contributed by atoms with Gasteiger partial charge < -0.3 is 5.32 Å². The van der Waals surface area contributed by atoms with Crippen LogP contribution in [0.15, 0.2) is 70.0 Å². The van der Waals surface area contributed by atoms with Crippen molar-refractivity contribution in [2.75, 3.05) is 5.32 Å². The van der Waals surface area contributed by atoms with Crippen molar-refractivity contribution < 1.29 is 4.92 Å². The molecule has 0 saturated carbocycles. The average molecular weight is 376 g/mol. The highest BCUT2D eigenvalue weighted by Crippen LogP contribution is 2.31. The van der Waals surface area contributed by atoms with Crippen molar-refractivity contribution in [3.8, 4) is 0 Å². The molecule has 0 radical (unpaired) electrons. The van der Waals surface area contributed by atoms with Crippen LogP contribution in [0.3, 0.4) is 0 Å². The minimum atomic E-state index is -0.409. The summed E-state index contributed by atoms with van der Waals surface area (Å²) in [4.78, 5) is 21.0. The van der Waals surface area contributed by atoms with Gasteiger partial charge in [-0.15, -0.1) is 11.3 Å². The maximum Gasteiger partial charge on any atom is 0.269 e. The van der Waals surface area contributed by atoms with Crippen LogP contribution in [0, 0.1) is 10.1 Å². The van der Waals surface area contributed by atoms with E-state index in [1.807, 2.05) is 23.6 Å². The molecular weight excluding hydrogens is 360 g/mol. The molecule has 0 fully saturated rings. The van der Waals surface area contributed by atoms with E-state index in [1.54, 1.807) is 23.5 Å². The summed E-state index contributed by atoms with van der Waals surface area (Å²) >= 11 is 1.57. The first kappa shape index (κ1) is 17.1. The number of aliphatic imine (C=N–C) groups is 2. The smallest absolute Gasteiger partial charge is 0.269 e. The molecule has 134 valence electrons. The van der Waals surface area contributed by atoms with Crippen molar-refractivity contribution in [3.63, 3.8) is 0 Å². The number of hydrogen-bond acceptors (Lipinski definition) is 6. The zero-order chi connectivity index (χ0) is 18.8. The van der Waals surface area contributed by atoms with Crippen molar-refractivity contribution in [2.24, 2.45) is 9.98 Å². The number of thiophene rings is 1. The maximum atomic E-state index is 10.9. The third-order valence-electron chi connectivity index (χ3n) is 4.26. The fourth-order valence-corrected chi connectivity index (χ4v) is 3.45. The molecule has 0 atom stereocenters. The van der Waals surface area contributed by atoms with Crippen LogP contribution in [0.5, 0.6) is 0 Å². The van der Waals surface area contributed by atoms with Crippen LogP contribution >= 0.6 is 11.3 Å². The van der Waals surface area contributed by atoms with E-state index in [-0.39, 0.29) is 5.69 Å². The Morgan fingerprint density at radius 1 is 1.11 bits per heavy atom. The summed E-state index contributed by atoms with van der Waals surface area (Å²) in [5.41, 5.74) is 3.70. The summed E-state index contributed by atoms with van der Waals surface area (Å²) in [6.07, 6.45) is 0.917. The molecule has 0 amide bonds. The summed E-state index contributed by atoms with van der Waals surface area (Å²) in [5, 5.41) is 16.3. The van der Waals surface area contributed by atoms with Gasteiger partial charge in [-0.05, 0) is 47.7 Å². The van der Waals surface area contributed by atoms with Gasteiger partial charge in [0.25, 0.3) is 5.69 Å². The number of hydrogen-bond donors (Lipinski definition) is 1. The van der Waals surface area contributed by atoms with Crippen LogP contribution in [-0.4, -0.2) is 16.6 Å².